The molecule has 2 saturated heterocycles. The van der Waals surface area contributed by atoms with E-state index < -0.39 is 6.10 Å². The van der Waals surface area contributed by atoms with Crippen molar-refractivity contribution in [1.82, 2.24) is 9.80 Å². The molecule has 2 aliphatic heterocycles. The Hall–Kier alpha value is -2.44. The van der Waals surface area contributed by atoms with Gasteiger partial charge in [0.05, 0.1) is 19.3 Å². The molecule has 0 saturated carbocycles. The zero-order valence-electron chi connectivity index (χ0n) is 16.6. The third-order valence-corrected chi connectivity index (χ3v) is 6.15. The highest BCUT2D eigenvalue weighted by Gasteiger charge is 2.39. The summed E-state index contributed by atoms with van der Waals surface area (Å²) in [6.45, 7) is 2.47. The highest BCUT2D eigenvalue weighted by atomic mass is 19.1. The molecule has 2 aromatic rings. The summed E-state index contributed by atoms with van der Waals surface area (Å²) in [4.78, 5) is 16.9. The Morgan fingerprint density at radius 1 is 1.07 bits per heavy atom. The average Bonchev–Trinajstić information content (AvgIpc) is 3.10. The number of hydrogen-bond acceptors (Lipinski definition) is 4. The molecule has 2 fully saturated rings. The SMILES string of the molecule is COc1ccc([C@H]2CCN([C@@H]3CCN(Cc4ccc(F)cc4)C3=O)C[C@@H]2O)cc1. The van der Waals surface area contributed by atoms with Crippen molar-refractivity contribution in [2.75, 3.05) is 26.7 Å². The minimum Gasteiger partial charge on any atom is -0.497 e. The zero-order valence-corrected chi connectivity index (χ0v) is 16.6. The molecule has 2 heterocycles. The van der Waals surface area contributed by atoms with Gasteiger partial charge in [0.15, 0.2) is 0 Å². The number of amides is 1. The molecule has 29 heavy (non-hydrogen) atoms. The number of carbonyl (C=O) groups is 1. The van der Waals surface area contributed by atoms with Gasteiger partial charge in [-0.15, -0.1) is 0 Å². The van der Waals surface area contributed by atoms with Crippen molar-refractivity contribution in [1.29, 1.82) is 0 Å². The Bertz CT molecular complexity index is 840. The fraction of sp³-hybridized carbons (Fsp3) is 0.435. The number of ether oxygens (including phenoxy) is 1. The molecule has 0 aromatic heterocycles. The van der Waals surface area contributed by atoms with Crippen LogP contribution in [0.5, 0.6) is 5.75 Å². The predicted octanol–water partition coefficient (Wildman–Crippen LogP) is 2.79. The Morgan fingerprint density at radius 3 is 2.45 bits per heavy atom. The van der Waals surface area contributed by atoms with Crippen molar-refractivity contribution in [2.45, 2.75) is 37.5 Å². The first-order valence-corrected chi connectivity index (χ1v) is 10.1. The second kappa shape index (κ2) is 8.51. The molecule has 5 nitrogen and oxygen atoms in total. The Kier molecular flexibility index (Phi) is 5.83. The van der Waals surface area contributed by atoms with Gasteiger partial charge in [-0.3, -0.25) is 9.69 Å². The topological polar surface area (TPSA) is 53.0 Å². The van der Waals surface area contributed by atoms with Crippen LogP contribution in [-0.2, 0) is 11.3 Å². The van der Waals surface area contributed by atoms with E-state index in [0.29, 0.717) is 19.6 Å². The van der Waals surface area contributed by atoms with Gasteiger partial charge in [-0.25, -0.2) is 4.39 Å². The fourth-order valence-corrected chi connectivity index (χ4v) is 4.51. The summed E-state index contributed by atoms with van der Waals surface area (Å²) < 4.78 is 18.3. The van der Waals surface area contributed by atoms with Gasteiger partial charge in [-0.1, -0.05) is 24.3 Å². The van der Waals surface area contributed by atoms with Gasteiger partial charge in [0, 0.05) is 25.6 Å². The van der Waals surface area contributed by atoms with E-state index in [9.17, 15) is 14.3 Å². The first-order valence-electron chi connectivity index (χ1n) is 10.1. The number of aliphatic hydroxyl groups is 1. The van der Waals surface area contributed by atoms with Crippen LogP contribution in [0.3, 0.4) is 0 Å². The van der Waals surface area contributed by atoms with Crippen molar-refractivity contribution in [3.05, 3.63) is 65.5 Å². The van der Waals surface area contributed by atoms with Gasteiger partial charge in [-0.2, -0.15) is 0 Å². The van der Waals surface area contributed by atoms with E-state index in [1.165, 1.54) is 12.1 Å². The van der Waals surface area contributed by atoms with E-state index in [2.05, 4.69) is 4.90 Å². The Labute approximate surface area is 170 Å². The van der Waals surface area contributed by atoms with Gasteiger partial charge < -0.3 is 14.7 Å². The standard InChI is InChI=1S/C23H27FN2O3/c1-29-19-8-4-17(5-9-19)20-10-12-25(15-22(20)27)21-11-13-26(23(21)28)14-16-2-6-18(24)7-3-16/h2-9,20-22,27H,10-15H2,1H3/t20-,21-,22+/m1/s1. The van der Waals surface area contributed by atoms with E-state index in [4.69, 9.17) is 4.74 Å². The van der Waals surface area contributed by atoms with Crippen LogP contribution in [-0.4, -0.2) is 59.7 Å². The van der Waals surface area contributed by atoms with Crippen molar-refractivity contribution < 1.29 is 19.0 Å². The predicted molar refractivity (Wildman–Crippen MR) is 108 cm³/mol. The van der Waals surface area contributed by atoms with Crippen LogP contribution in [0, 0.1) is 5.82 Å². The minimum absolute atomic E-state index is 0.0731. The quantitative estimate of drug-likeness (QED) is 0.842. The molecule has 2 aromatic carbocycles. The van der Waals surface area contributed by atoms with Crippen LogP contribution < -0.4 is 4.74 Å². The lowest BCUT2D eigenvalue weighted by Crippen LogP contribution is -2.50. The van der Waals surface area contributed by atoms with Crippen LogP contribution in [0.25, 0.3) is 0 Å². The average molecular weight is 398 g/mol. The number of aliphatic hydroxyl groups excluding tert-OH is 1. The monoisotopic (exact) mass is 398 g/mol. The summed E-state index contributed by atoms with van der Waals surface area (Å²) in [7, 11) is 1.64. The number of methoxy groups -OCH3 is 1. The normalized spacial score (nSPS) is 25.4. The molecular weight excluding hydrogens is 371 g/mol. The Balaban J connectivity index is 1.36. The highest BCUT2D eigenvalue weighted by molar-refractivity contribution is 5.84. The van der Waals surface area contributed by atoms with Gasteiger partial charge in [0.1, 0.15) is 11.6 Å². The van der Waals surface area contributed by atoms with Crippen LogP contribution in [0.1, 0.15) is 29.9 Å². The van der Waals surface area contributed by atoms with Gasteiger partial charge in [0.2, 0.25) is 5.91 Å². The molecule has 1 amide bonds. The first kappa shape index (κ1) is 19.9. The van der Waals surface area contributed by atoms with Crippen LogP contribution >= 0.6 is 0 Å². The van der Waals surface area contributed by atoms with E-state index >= 15 is 0 Å². The number of piperidine rings is 1. The second-order valence-electron chi connectivity index (χ2n) is 7.92. The lowest BCUT2D eigenvalue weighted by molar-refractivity contribution is -0.133. The third-order valence-electron chi connectivity index (χ3n) is 6.15. The maximum atomic E-state index is 13.1. The molecule has 4 rings (SSSR count). The third kappa shape index (κ3) is 4.28. The first-order chi connectivity index (χ1) is 14.0. The summed E-state index contributed by atoms with van der Waals surface area (Å²) >= 11 is 0. The number of halogens is 1. The molecule has 3 atom stereocenters. The largest absolute Gasteiger partial charge is 0.497 e. The van der Waals surface area contributed by atoms with Gasteiger partial charge in [0.25, 0.3) is 0 Å². The van der Waals surface area contributed by atoms with Crippen LogP contribution in [0.2, 0.25) is 0 Å². The second-order valence-corrected chi connectivity index (χ2v) is 7.92. The zero-order chi connectivity index (χ0) is 20.4. The summed E-state index contributed by atoms with van der Waals surface area (Å²) in [5.74, 6) is 0.708. The number of carbonyl (C=O) groups excluding carboxylic acids is 1. The van der Waals surface area contributed by atoms with E-state index in [0.717, 1.165) is 36.3 Å². The van der Waals surface area contributed by atoms with E-state index in [1.54, 1.807) is 19.2 Å². The number of rotatable bonds is 5. The number of nitrogens with zero attached hydrogens (tertiary/aromatic N) is 2. The molecule has 0 bridgehead atoms. The molecular formula is C23H27FN2O3. The number of hydrogen-bond donors (Lipinski definition) is 1. The maximum Gasteiger partial charge on any atom is 0.240 e. The van der Waals surface area contributed by atoms with Crippen LogP contribution in [0.15, 0.2) is 48.5 Å². The fourth-order valence-electron chi connectivity index (χ4n) is 4.51. The molecule has 6 heteroatoms. The summed E-state index contributed by atoms with van der Waals surface area (Å²) in [5, 5.41) is 10.8. The van der Waals surface area contributed by atoms with Crippen molar-refractivity contribution >= 4 is 5.91 Å². The lowest BCUT2D eigenvalue weighted by atomic mass is 9.86. The molecule has 0 unspecified atom stereocenters. The lowest BCUT2D eigenvalue weighted by Gasteiger charge is -2.38. The molecule has 2 aliphatic rings. The van der Waals surface area contributed by atoms with Gasteiger partial charge in [-0.05, 0) is 54.8 Å². The van der Waals surface area contributed by atoms with Crippen molar-refractivity contribution in [3.63, 3.8) is 0 Å². The molecule has 0 spiro atoms. The number of benzene rings is 2. The summed E-state index contributed by atoms with van der Waals surface area (Å²) in [6, 6.07) is 14.0. The highest BCUT2D eigenvalue weighted by Crippen LogP contribution is 2.32. The Morgan fingerprint density at radius 2 is 1.79 bits per heavy atom. The van der Waals surface area contributed by atoms with Crippen molar-refractivity contribution in [3.8, 4) is 5.75 Å². The molecule has 1 N–H and O–H groups in total. The van der Waals surface area contributed by atoms with E-state index in [-0.39, 0.29) is 23.7 Å². The molecule has 0 radical (unpaired) electrons. The van der Waals surface area contributed by atoms with Gasteiger partial charge >= 0.3 is 0 Å². The molecule has 0 aliphatic carbocycles. The summed E-state index contributed by atoms with van der Waals surface area (Å²) in [6.07, 6.45) is 1.07. The van der Waals surface area contributed by atoms with Crippen LogP contribution in [0.4, 0.5) is 4.39 Å². The number of likely N-dealkylation sites (tertiary alicyclic amines) is 2. The van der Waals surface area contributed by atoms with Crippen molar-refractivity contribution in [2.24, 2.45) is 0 Å². The summed E-state index contributed by atoms with van der Waals surface area (Å²) in [5.41, 5.74) is 2.03. The molecule has 154 valence electrons. The van der Waals surface area contributed by atoms with E-state index in [1.807, 2.05) is 29.2 Å². The minimum atomic E-state index is -0.504. The smallest absolute Gasteiger partial charge is 0.240 e. The number of β-amino-alcohol motifs (C(OH)–C–C–N with tert-alkyl or cyclic N) is 1. The maximum absolute atomic E-state index is 13.1.